The molecule has 1 saturated heterocycles. The second kappa shape index (κ2) is 5.75. The van der Waals surface area contributed by atoms with Gasteiger partial charge >= 0.3 is 0 Å². The van der Waals surface area contributed by atoms with E-state index < -0.39 is 0 Å². The molecule has 1 fully saturated rings. The summed E-state index contributed by atoms with van der Waals surface area (Å²) in [7, 11) is 0. The Balaban J connectivity index is 1.71. The summed E-state index contributed by atoms with van der Waals surface area (Å²) in [5.41, 5.74) is 1.11. The molecule has 2 atom stereocenters. The van der Waals surface area contributed by atoms with Gasteiger partial charge in [-0.1, -0.05) is 25.1 Å². The highest BCUT2D eigenvalue weighted by molar-refractivity contribution is 7.99. The predicted molar refractivity (Wildman–Crippen MR) is 78.5 cm³/mol. The van der Waals surface area contributed by atoms with E-state index in [1.54, 1.807) is 6.33 Å². The quantitative estimate of drug-likeness (QED) is 0.927. The lowest BCUT2D eigenvalue weighted by Crippen LogP contribution is -2.34. The van der Waals surface area contributed by atoms with E-state index in [9.17, 15) is 0 Å². The number of aromatic nitrogens is 3. The monoisotopic (exact) mass is 274 g/mol. The second-order valence-electron chi connectivity index (χ2n) is 4.95. The van der Waals surface area contributed by atoms with Crippen molar-refractivity contribution in [1.82, 2.24) is 20.1 Å². The van der Waals surface area contributed by atoms with Crippen molar-refractivity contribution in [3.63, 3.8) is 0 Å². The van der Waals surface area contributed by atoms with Crippen molar-refractivity contribution >= 4 is 11.8 Å². The van der Waals surface area contributed by atoms with Crippen LogP contribution in [0.15, 0.2) is 36.7 Å². The fourth-order valence-electron chi connectivity index (χ4n) is 2.33. The topological polar surface area (TPSA) is 42.7 Å². The minimum absolute atomic E-state index is 0.589. The number of hydrogen-bond acceptors (Lipinski definition) is 4. The molecule has 1 aliphatic rings. The zero-order chi connectivity index (χ0) is 13.1. The molecule has 1 aliphatic heterocycles. The third-order valence-corrected chi connectivity index (χ3v) is 4.90. The van der Waals surface area contributed by atoms with Gasteiger partial charge in [-0.15, -0.1) is 10.2 Å². The third-order valence-electron chi connectivity index (χ3n) is 3.54. The van der Waals surface area contributed by atoms with Gasteiger partial charge in [-0.25, -0.2) is 0 Å². The van der Waals surface area contributed by atoms with Crippen LogP contribution in [-0.4, -0.2) is 32.3 Å². The maximum absolute atomic E-state index is 4.22. The maximum Gasteiger partial charge on any atom is 0.151 e. The predicted octanol–water partition coefficient (Wildman–Crippen LogP) is 2.11. The Morgan fingerprint density at radius 2 is 2.16 bits per heavy atom. The lowest BCUT2D eigenvalue weighted by molar-refractivity contribution is 0.445. The van der Waals surface area contributed by atoms with Crippen LogP contribution in [0.2, 0.25) is 0 Å². The molecule has 4 nitrogen and oxygen atoms in total. The van der Waals surface area contributed by atoms with Gasteiger partial charge in [0.05, 0.1) is 6.54 Å². The number of thioether (sulfide) groups is 1. The van der Waals surface area contributed by atoms with E-state index in [-0.39, 0.29) is 0 Å². The Morgan fingerprint density at radius 1 is 1.32 bits per heavy atom. The lowest BCUT2D eigenvalue weighted by atomic mass is 10.1. The van der Waals surface area contributed by atoms with Crippen LogP contribution in [-0.2, 0) is 6.54 Å². The standard InChI is InChI=1S/C14H18N4S/c1-11-8-19-9-13(11)15-7-14-17-16-10-18(14)12-5-3-2-4-6-12/h2-6,10-11,13,15H,7-9H2,1H3. The van der Waals surface area contributed by atoms with Crippen molar-refractivity contribution in [3.05, 3.63) is 42.5 Å². The van der Waals surface area contributed by atoms with Crippen molar-refractivity contribution in [2.24, 2.45) is 5.92 Å². The first-order valence-electron chi connectivity index (χ1n) is 6.60. The number of hydrogen-bond donors (Lipinski definition) is 1. The number of nitrogens with one attached hydrogen (secondary N) is 1. The van der Waals surface area contributed by atoms with Crippen LogP contribution >= 0.6 is 11.8 Å². The maximum atomic E-state index is 4.22. The first kappa shape index (κ1) is 12.7. The van der Waals surface area contributed by atoms with Crippen LogP contribution in [0.25, 0.3) is 5.69 Å². The zero-order valence-electron chi connectivity index (χ0n) is 11.0. The fraction of sp³-hybridized carbons (Fsp3) is 0.429. The average Bonchev–Trinajstić information content (AvgIpc) is 3.06. The van der Waals surface area contributed by atoms with E-state index in [1.807, 2.05) is 34.5 Å². The van der Waals surface area contributed by atoms with Gasteiger partial charge in [0.1, 0.15) is 6.33 Å². The Morgan fingerprint density at radius 3 is 2.89 bits per heavy atom. The van der Waals surface area contributed by atoms with Crippen LogP contribution in [0.1, 0.15) is 12.7 Å². The number of rotatable bonds is 4. The summed E-state index contributed by atoms with van der Waals surface area (Å²) < 4.78 is 2.04. The summed E-state index contributed by atoms with van der Waals surface area (Å²) in [6, 6.07) is 10.8. The molecule has 2 unspecified atom stereocenters. The van der Waals surface area contributed by atoms with Gasteiger partial charge in [-0.05, 0) is 23.8 Å². The molecule has 2 heterocycles. The summed E-state index contributed by atoms with van der Waals surface area (Å²) in [5.74, 6) is 4.15. The van der Waals surface area contributed by atoms with Gasteiger partial charge in [0.15, 0.2) is 5.82 Å². The highest BCUT2D eigenvalue weighted by atomic mass is 32.2. The number of nitrogens with zero attached hydrogens (tertiary/aromatic N) is 3. The van der Waals surface area contributed by atoms with Crippen LogP contribution in [0.3, 0.4) is 0 Å². The normalized spacial score (nSPS) is 22.8. The molecular formula is C14H18N4S. The van der Waals surface area contributed by atoms with Crippen LogP contribution in [0.5, 0.6) is 0 Å². The Hall–Kier alpha value is -1.33. The van der Waals surface area contributed by atoms with Crippen LogP contribution in [0.4, 0.5) is 0 Å². The van der Waals surface area contributed by atoms with Gasteiger partial charge in [-0.3, -0.25) is 4.57 Å². The highest BCUT2D eigenvalue weighted by Gasteiger charge is 2.23. The molecule has 0 saturated carbocycles. The van der Waals surface area contributed by atoms with Crippen molar-refractivity contribution < 1.29 is 0 Å². The molecule has 5 heteroatoms. The van der Waals surface area contributed by atoms with Crippen molar-refractivity contribution in [1.29, 1.82) is 0 Å². The Labute approximate surface area is 117 Å². The van der Waals surface area contributed by atoms with Crippen molar-refractivity contribution in [2.45, 2.75) is 19.5 Å². The largest absolute Gasteiger partial charge is 0.306 e. The van der Waals surface area contributed by atoms with Crippen LogP contribution < -0.4 is 5.32 Å². The fourth-order valence-corrected chi connectivity index (χ4v) is 3.77. The smallest absolute Gasteiger partial charge is 0.151 e. The second-order valence-corrected chi connectivity index (χ2v) is 6.03. The van der Waals surface area contributed by atoms with Crippen LogP contribution in [0, 0.1) is 5.92 Å². The van der Waals surface area contributed by atoms with Gasteiger partial charge in [0, 0.05) is 17.5 Å². The molecule has 0 spiro atoms. The summed E-state index contributed by atoms with van der Waals surface area (Å²) in [6.45, 7) is 3.07. The number of benzene rings is 1. The van der Waals surface area contributed by atoms with Gasteiger partial charge in [0.25, 0.3) is 0 Å². The first-order chi connectivity index (χ1) is 9.34. The Kier molecular flexibility index (Phi) is 3.84. The van der Waals surface area contributed by atoms with Crippen molar-refractivity contribution in [3.8, 4) is 5.69 Å². The average molecular weight is 274 g/mol. The highest BCUT2D eigenvalue weighted by Crippen LogP contribution is 2.23. The SMILES string of the molecule is CC1CSCC1NCc1nncn1-c1ccccc1. The number of para-hydroxylation sites is 1. The summed E-state index contributed by atoms with van der Waals surface area (Å²) in [4.78, 5) is 0. The minimum Gasteiger partial charge on any atom is -0.306 e. The summed E-state index contributed by atoms with van der Waals surface area (Å²) in [5, 5.41) is 11.9. The molecule has 3 rings (SSSR count). The minimum atomic E-state index is 0.589. The summed E-state index contributed by atoms with van der Waals surface area (Å²) >= 11 is 2.02. The molecule has 1 aromatic carbocycles. The molecule has 0 radical (unpaired) electrons. The van der Waals surface area contributed by atoms with E-state index in [4.69, 9.17) is 0 Å². The molecule has 100 valence electrons. The molecule has 0 bridgehead atoms. The molecule has 19 heavy (non-hydrogen) atoms. The molecule has 2 aromatic rings. The molecule has 1 aromatic heterocycles. The summed E-state index contributed by atoms with van der Waals surface area (Å²) in [6.07, 6.45) is 1.78. The van der Waals surface area contributed by atoms with Gasteiger partial charge in [0.2, 0.25) is 0 Å². The van der Waals surface area contributed by atoms with Gasteiger partial charge in [-0.2, -0.15) is 11.8 Å². The molecular weight excluding hydrogens is 256 g/mol. The van der Waals surface area contributed by atoms with E-state index >= 15 is 0 Å². The molecule has 0 aliphatic carbocycles. The van der Waals surface area contributed by atoms with Crippen molar-refractivity contribution in [2.75, 3.05) is 11.5 Å². The molecule has 0 amide bonds. The third kappa shape index (κ3) is 2.82. The van der Waals surface area contributed by atoms with E-state index in [1.165, 1.54) is 11.5 Å². The zero-order valence-corrected chi connectivity index (χ0v) is 11.8. The lowest BCUT2D eigenvalue weighted by Gasteiger charge is -2.16. The Bertz CT molecular complexity index is 525. The van der Waals surface area contributed by atoms with E-state index in [0.29, 0.717) is 6.04 Å². The molecule has 1 N–H and O–H groups in total. The van der Waals surface area contributed by atoms with E-state index in [2.05, 4.69) is 34.6 Å². The van der Waals surface area contributed by atoms with Gasteiger partial charge < -0.3 is 5.32 Å². The first-order valence-corrected chi connectivity index (χ1v) is 7.75. The van der Waals surface area contributed by atoms with E-state index in [0.717, 1.165) is 24.0 Å².